The molecule has 0 saturated heterocycles. The molecule has 0 N–H and O–H groups in total. The molecule has 0 saturated carbocycles. The first-order valence-electron chi connectivity index (χ1n) is 7.52. The molecule has 3 nitrogen and oxygen atoms in total. The lowest BCUT2D eigenvalue weighted by Gasteiger charge is -2.08. The van der Waals surface area contributed by atoms with Crippen LogP contribution in [0.5, 0.6) is 11.6 Å². The highest BCUT2D eigenvalue weighted by Crippen LogP contribution is 2.23. The molecule has 2 aromatic heterocycles. The van der Waals surface area contributed by atoms with Gasteiger partial charge in [-0.3, -0.25) is 4.98 Å². The summed E-state index contributed by atoms with van der Waals surface area (Å²) in [6, 6.07) is 13.8. The van der Waals surface area contributed by atoms with Crippen LogP contribution in [0.1, 0.15) is 18.2 Å². The zero-order chi connectivity index (χ0) is 16.2. The number of hydrogen-bond acceptors (Lipinski definition) is 3. The number of pyridine rings is 2. The van der Waals surface area contributed by atoms with E-state index in [0.717, 1.165) is 23.4 Å². The maximum atomic E-state index is 12.9. The van der Waals surface area contributed by atoms with Crippen LogP contribution in [0.4, 0.5) is 4.39 Å². The third-order valence-electron chi connectivity index (χ3n) is 3.65. The van der Waals surface area contributed by atoms with Crippen LogP contribution >= 0.6 is 0 Å². The molecule has 0 fully saturated rings. The van der Waals surface area contributed by atoms with Gasteiger partial charge in [0.1, 0.15) is 11.6 Å². The van der Waals surface area contributed by atoms with Crippen molar-refractivity contribution < 1.29 is 9.13 Å². The molecule has 0 atom stereocenters. The minimum atomic E-state index is -0.259. The van der Waals surface area contributed by atoms with Gasteiger partial charge in [0.2, 0.25) is 5.88 Å². The number of halogens is 1. The average Bonchev–Trinajstić information content (AvgIpc) is 2.57. The SMILES string of the molecule is CCc1ccc(Oc2ccc(-c3ccc(F)cc3)nc2)nc1C. The zero-order valence-electron chi connectivity index (χ0n) is 13.1. The Kier molecular flexibility index (Phi) is 4.33. The van der Waals surface area contributed by atoms with Crippen molar-refractivity contribution in [2.24, 2.45) is 0 Å². The van der Waals surface area contributed by atoms with Gasteiger partial charge in [-0.1, -0.05) is 13.0 Å². The van der Waals surface area contributed by atoms with Crippen LogP contribution in [0, 0.1) is 12.7 Å². The third kappa shape index (κ3) is 3.54. The molecule has 0 aliphatic heterocycles. The zero-order valence-corrected chi connectivity index (χ0v) is 13.1. The van der Waals surface area contributed by atoms with Gasteiger partial charge in [0.25, 0.3) is 0 Å². The summed E-state index contributed by atoms with van der Waals surface area (Å²) < 4.78 is 18.7. The number of hydrogen-bond donors (Lipinski definition) is 0. The topological polar surface area (TPSA) is 35.0 Å². The van der Waals surface area contributed by atoms with Crippen LogP contribution in [0.15, 0.2) is 54.7 Å². The van der Waals surface area contributed by atoms with Crippen molar-refractivity contribution in [3.8, 4) is 22.9 Å². The first-order valence-corrected chi connectivity index (χ1v) is 7.52. The molecule has 116 valence electrons. The highest BCUT2D eigenvalue weighted by atomic mass is 19.1. The van der Waals surface area contributed by atoms with Crippen LogP contribution in [-0.2, 0) is 6.42 Å². The van der Waals surface area contributed by atoms with Crippen molar-refractivity contribution in [2.75, 3.05) is 0 Å². The standard InChI is InChI=1S/C19H17FN2O/c1-3-14-6-11-19(22-13(14)2)23-17-9-10-18(21-12-17)15-4-7-16(20)8-5-15/h4-12H,3H2,1-2H3. The summed E-state index contributed by atoms with van der Waals surface area (Å²) in [7, 11) is 0. The molecule has 0 spiro atoms. The normalized spacial score (nSPS) is 10.6. The van der Waals surface area contributed by atoms with Gasteiger partial charge in [0.15, 0.2) is 0 Å². The molecular weight excluding hydrogens is 291 g/mol. The summed E-state index contributed by atoms with van der Waals surface area (Å²) in [5, 5.41) is 0. The van der Waals surface area contributed by atoms with Gasteiger partial charge in [-0.15, -0.1) is 0 Å². The van der Waals surface area contributed by atoms with Crippen LogP contribution in [0.3, 0.4) is 0 Å². The maximum absolute atomic E-state index is 12.9. The van der Waals surface area contributed by atoms with Crippen molar-refractivity contribution >= 4 is 0 Å². The fourth-order valence-electron chi connectivity index (χ4n) is 2.35. The predicted octanol–water partition coefficient (Wildman–Crippen LogP) is 4.95. The van der Waals surface area contributed by atoms with E-state index in [4.69, 9.17) is 4.74 Å². The lowest BCUT2D eigenvalue weighted by atomic mass is 10.1. The van der Waals surface area contributed by atoms with E-state index in [9.17, 15) is 4.39 Å². The van der Waals surface area contributed by atoms with Crippen molar-refractivity contribution in [1.29, 1.82) is 0 Å². The first-order chi connectivity index (χ1) is 11.2. The fraction of sp³-hybridized carbons (Fsp3) is 0.158. The molecule has 4 heteroatoms. The minimum Gasteiger partial charge on any atom is -0.437 e. The van der Waals surface area contributed by atoms with Crippen LogP contribution < -0.4 is 4.74 Å². The van der Waals surface area contributed by atoms with E-state index >= 15 is 0 Å². The van der Waals surface area contributed by atoms with Crippen molar-refractivity contribution in [1.82, 2.24) is 9.97 Å². The highest BCUT2D eigenvalue weighted by Gasteiger charge is 2.04. The van der Waals surface area contributed by atoms with Crippen LogP contribution in [0.2, 0.25) is 0 Å². The summed E-state index contributed by atoms with van der Waals surface area (Å²) in [5.74, 6) is 0.911. The molecule has 0 aliphatic rings. The van der Waals surface area contributed by atoms with E-state index < -0.39 is 0 Å². The summed E-state index contributed by atoms with van der Waals surface area (Å²) in [5.41, 5.74) is 3.81. The van der Waals surface area contributed by atoms with E-state index in [1.54, 1.807) is 18.3 Å². The second-order valence-electron chi connectivity index (χ2n) is 5.24. The smallest absolute Gasteiger partial charge is 0.219 e. The van der Waals surface area contributed by atoms with Gasteiger partial charge >= 0.3 is 0 Å². The minimum absolute atomic E-state index is 0.259. The monoisotopic (exact) mass is 308 g/mol. The van der Waals surface area contributed by atoms with Crippen molar-refractivity contribution in [2.45, 2.75) is 20.3 Å². The maximum Gasteiger partial charge on any atom is 0.219 e. The van der Waals surface area contributed by atoms with E-state index in [-0.39, 0.29) is 5.82 Å². The van der Waals surface area contributed by atoms with E-state index in [1.165, 1.54) is 17.7 Å². The van der Waals surface area contributed by atoms with E-state index in [2.05, 4.69) is 16.9 Å². The molecular formula is C19H17FN2O. The molecule has 0 amide bonds. The van der Waals surface area contributed by atoms with Gasteiger partial charge in [0, 0.05) is 17.3 Å². The Bertz CT molecular complexity index is 799. The Morgan fingerprint density at radius 3 is 2.39 bits per heavy atom. The van der Waals surface area contributed by atoms with Gasteiger partial charge < -0.3 is 4.74 Å². The van der Waals surface area contributed by atoms with Gasteiger partial charge in [-0.25, -0.2) is 9.37 Å². The molecule has 23 heavy (non-hydrogen) atoms. The summed E-state index contributed by atoms with van der Waals surface area (Å²) >= 11 is 0. The molecule has 0 unspecified atom stereocenters. The Labute approximate surface area is 134 Å². The number of benzene rings is 1. The number of aryl methyl sites for hydroxylation is 2. The van der Waals surface area contributed by atoms with Gasteiger partial charge in [-0.2, -0.15) is 0 Å². The molecule has 0 radical (unpaired) electrons. The average molecular weight is 308 g/mol. The second kappa shape index (κ2) is 6.57. The van der Waals surface area contributed by atoms with E-state index in [0.29, 0.717) is 11.6 Å². The van der Waals surface area contributed by atoms with E-state index in [1.807, 2.05) is 31.2 Å². The molecule has 3 rings (SSSR count). The lowest BCUT2D eigenvalue weighted by molar-refractivity contribution is 0.459. The summed E-state index contributed by atoms with van der Waals surface area (Å²) in [6.45, 7) is 4.07. The lowest BCUT2D eigenvalue weighted by Crippen LogP contribution is -1.95. The molecule has 2 heterocycles. The number of aromatic nitrogens is 2. The van der Waals surface area contributed by atoms with Crippen LogP contribution in [-0.4, -0.2) is 9.97 Å². The van der Waals surface area contributed by atoms with Crippen molar-refractivity contribution in [3.05, 3.63) is 71.8 Å². The number of rotatable bonds is 4. The molecule has 3 aromatic rings. The summed E-state index contributed by atoms with van der Waals surface area (Å²) in [6.07, 6.45) is 2.59. The molecule has 0 bridgehead atoms. The highest BCUT2D eigenvalue weighted by molar-refractivity contribution is 5.59. The molecule has 1 aromatic carbocycles. The Morgan fingerprint density at radius 1 is 1.00 bits per heavy atom. The van der Waals surface area contributed by atoms with Gasteiger partial charge in [-0.05, 0) is 55.3 Å². The molecule has 0 aliphatic carbocycles. The largest absolute Gasteiger partial charge is 0.437 e. The Morgan fingerprint density at radius 2 is 1.78 bits per heavy atom. The first kappa shape index (κ1) is 15.2. The summed E-state index contributed by atoms with van der Waals surface area (Å²) in [4.78, 5) is 8.79. The van der Waals surface area contributed by atoms with Gasteiger partial charge in [0.05, 0.1) is 11.9 Å². The third-order valence-corrected chi connectivity index (χ3v) is 3.65. The van der Waals surface area contributed by atoms with Crippen molar-refractivity contribution in [3.63, 3.8) is 0 Å². The van der Waals surface area contributed by atoms with Crippen LogP contribution in [0.25, 0.3) is 11.3 Å². The predicted molar refractivity (Wildman–Crippen MR) is 88.1 cm³/mol. The number of nitrogens with zero attached hydrogens (tertiary/aromatic N) is 2. The quantitative estimate of drug-likeness (QED) is 0.684. The second-order valence-corrected chi connectivity index (χ2v) is 5.24. The number of ether oxygens (including phenoxy) is 1. The fourth-order valence-corrected chi connectivity index (χ4v) is 2.35. The Balaban J connectivity index is 1.77. The Hall–Kier alpha value is -2.75.